The summed E-state index contributed by atoms with van der Waals surface area (Å²) in [5, 5.41) is 19.7. The summed E-state index contributed by atoms with van der Waals surface area (Å²) in [6, 6.07) is 12.9. The van der Waals surface area contributed by atoms with Crippen molar-refractivity contribution in [2.24, 2.45) is 0 Å². The molecule has 0 aliphatic carbocycles. The Morgan fingerprint density at radius 2 is 1.61 bits per heavy atom. The number of piperazine rings is 1. The predicted molar refractivity (Wildman–Crippen MR) is 134 cm³/mol. The standard InChI is InChI=1S/C24H25Cl3N4O2/c1-2-30-8-10-31(11-9-30)22-15-21(17-13-19(26)23(32)20(27)14-17)28-29-24(22)33-12-7-16-3-5-18(25)6-4-16/h3-6,13-15,32H,2,7-12H2,1H3. The van der Waals surface area contributed by atoms with Gasteiger partial charge in [0.2, 0.25) is 0 Å². The fourth-order valence-corrected chi connectivity index (χ4v) is 4.39. The summed E-state index contributed by atoms with van der Waals surface area (Å²) in [7, 11) is 0. The highest BCUT2D eigenvalue weighted by atomic mass is 35.5. The number of likely N-dealkylation sites (N-methyl/N-ethyl adjacent to an activating group) is 1. The second-order valence-electron chi connectivity index (χ2n) is 7.85. The second-order valence-corrected chi connectivity index (χ2v) is 9.11. The highest BCUT2D eigenvalue weighted by Crippen LogP contribution is 2.37. The van der Waals surface area contributed by atoms with Crippen LogP contribution in [0.15, 0.2) is 42.5 Å². The van der Waals surface area contributed by atoms with Gasteiger partial charge in [-0.3, -0.25) is 0 Å². The van der Waals surface area contributed by atoms with Crippen molar-refractivity contribution in [3.63, 3.8) is 0 Å². The lowest BCUT2D eigenvalue weighted by molar-refractivity contribution is 0.267. The van der Waals surface area contributed by atoms with Gasteiger partial charge in [0.15, 0.2) is 5.75 Å². The Morgan fingerprint density at radius 1 is 0.939 bits per heavy atom. The smallest absolute Gasteiger partial charge is 0.257 e. The Kier molecular flexibility index (Phi) is 7.81. The van der Waals surface area contributed by atoms with Gasteiger partial charge in [-0.05, 0) is 42.4 Å². The number of rotatable bonds is 7. The molecule has 1 aromatic heterocycles. The molecule has 0 bridgehead atoms. The first-order valence-electron chi connectivity index (χ1n) is 10.8. The lowest BCUT2D eigenvalue weighted by Gasteiger charge is -2.35. The second kappa shape index (κ2) is 10.8. The van der Waals surface area contributed by atoms with E-state index in [-0.39, 0.29) is 15.8 Å². The molecule has 1 fully saturated rings. The van der Waals surface area contributed by atoms with E-state index < -0.39 is 0 Å². The van der Waals surface area contributed by atoms with Crippen molar-refractivity contribution in [3.8, 4) is 22.9 Å². The molecule has 0 atom stereocenters. The number of hydrogen-bond donors (Lipinski definition) is 1. The van der Waals surface area contributed by atoms with Gasteiger partial charge in [-0.2, -0.15) is 0 Å². The maximum Gasteiger partial charge on any atom is 0.257 e. The fraction of sp³-hybridized carbons (Fsp3) is 0.333. The predicted octanol–water partition coefficient (Wildman–Crippen LogP) is 5.57. The van der Waals surface area contributed by atoms with Crippen LogP contribution in [0.2, 0.25) is 15.1 Å². The zero-order valence-corrected chi connectivity index (χ0v) is 20.5. The first kappa shape index (κ1) is 23.9. The summed E-state index contributed by atoms with van der Waals surface area (Å²) in [6.45, 7) is 7.33. The van der Waals surface area contributed by atoms with Crippen molar-refractivity contribution in [1.29, 1.82) is 0 Å². The number of benzene rings is 2. The molecule has 1 aliphatic rings. The number of halogens is 3. The first-order valence-corrected chi connectivity index (χ1v) is 12.0. The van der Waals surface area contributed by atoms with Crippen molar-refractivity contribution >= 4 is 40.5 Å². The van der Waals surface area contributed by atoms with Gasteiger partial charge in [0.1, 0.15) is 5.69 Å². The van der Waals surface area contributed by atoms with Gasteiger partial charge in [0.05, 0.1) is 22.3 Å². The molecule has 1 aliphatic heterocycles. The zero-order chi connectivity index (χ0) is 23.4. The molecule has 0 saturated carbocycles. The van der Waals surface area contributed by atoms with Crippen LogP contribution < -0.4 is 9.64 Å². The van der Waals surface area contributed by atoms with E-state index in [0.717, 1.165) is 50.4 Å². The summed E-state index contributed by atoms with van der Waals surface area (Å²) in [4.78, 5) is 4.68. The van der Waals surface area contributed by atoms with E-state index in [1.54, 1.807) is 12.1 Å². The number of aromatic hydroxyl groups is 1. The minimum absolute atomic E-state index is 0.145. The van der Waals surface area contributed by atoms with Crippen molar-refractivity contribution < 1.29 is 9.84 Å². The molecule has 9 heteroatoms. The topological polar surface area (TPSA) is 61.7 Å². The lowest BCUT2D eigenvalue weighted by atomic mass is 10.1. The van der Waals surface area contributed by atoms with Gasteiger partial charge in [-0.25, -0.2) is 0 Å². The number of phenols is 1. The SMILES string of the molecule is CCN1CCN(c2cc(-c3cc(Cl)c(O)c(Cl)c3)nnc2OCCc2ccc(Cl)cc2)CC1. The number of ether oxygens (including phenoxy) is 1. The van der Waals surface area contributed by atoms with E-state index in [4.69, 9.17) is 39.5 Å². The normalized spacial score (nSPS) is 14.5. The van der Waals surface area contributed by atoms with Gasteiger partial charge in [-0.1, -0.05) is 53.9 Å². The third-order valence-electron chi connectivity index (χ3n) is 5.76. The van der Waals surface area contributed by atoms with E-state index in [2.05, 4.69) is 26.9 Å². The first-order chi connectivity index (χ1) is 15.9. The summed E-state index contributed by atoms with van der Waals surface area (Å²) < 4.78 is 6.08. The van der Waals surface area contributed by atoms with Crippen LogP contribution in [0.5, 0.6) is 11.6 Å². The van der Waals surface area contributed by atoms with Crippen LogP contribution in [0.1, 0.15) is 12.5 Å². The molecule has 4 rings (SSSR count). The van der Waals surface area contributed by atoms with Gasteiger partial charge >= 0.3 is 0 Å². The maximum atomic E-state index is 9.89. The van der Waals surface area contributed by atoms with Crippen molar-refractivity contribution in [2.75, 3.05) is 44.2 Å². The number of phenolic OH excluding ortho intramolecular Hbond substituents is 1. The van der Waals surface area contributed by atoms with Crippen molar-refractivity contribution in [3.05, 3.63) is 63.1 Å². The summed E-state index contributed by atoms with van der Waals surface area (Å²) in [6.07, 6.45) is 0.729. The molecule has 6 nitrogen and oxygen atoms in total. The highest BCUT2D eigenvalue weighted by molar-refractivity contribution is 6.37. The number of aromatic nitrogens is 2. The highest BCUT2D eigenvalue weighted by Gasteiger charge is 2.22. The van der Waals surface area contributed by atoms with Crippen LogP contribution in [0.4, 0.5) is 5.69 Å². The van der Waals surface area contributed by atoms with Crippen LogP contribution >= 0.6 is 34.8 Å². The number of nitrogens with zero attached hydrogens (tertiary/aromatic N) is 4. The largest absolute Gasteiger partial charge is 0.505 e. The average molecular weight is 508 g/mol. The molecule has 174 valence electrons. The third kappa shape index (κ3) is 5.82. The van der Waals surface area contributed by atoms with E-state index in [0.29, 0.717) is 28.8 Å². The summed E-state index contributed by atoms with van der Waals surface area (Å²) >= 11 is 18.2. The molecule has 0 amide bonds. The Balaban J connectivity index is 1.59. The molecule has 3 aromatic rings. The molecule has 1 saturated heterocycles. The molecular formula is C24H25Cl3N4O2. The van der Waals surface area contributed by atoms with Crippen LogP contribution in [-0.4, -0.2) is 59.5 Å². The number of hydrogen-bond acceptors (Lipinski definition) is 6. The summed E-state index contributed by atoms with van der Waals surface area (Å²) in [5.74, 6) is 0.349. The molecular weight excluding hydrogens is 483 g/mol. The average Bonchev–Trinajstić information content (AvgIpc) is 2.83. The van der Waals surface area contributed by atoms with E-state index >= 15 is 0 Å². The third-order valence-corrected chi connectivity index (χ3v) is 6.58. The molecule has 0 unspecified atom stereocenters. The monoisotopic (exact) mass is 506 g/mol. The van der Waals surface area contributed by atoms with Gasteiger partial charge < -0.3 is 19.6 Å². The molecule has 2 heterocycles. The fourth-order valence-electron chi connectivity index (χ4n) is 3.78. The molecule has 2 aromatic carbocycles. The number of anilines is 1. The quantitative estimate of drug-likeness (QED) is 0.451. The van der Waals surface area contributed by atoms with E-state index in [1.807, 2.05) is 30.3 Å². The lowest BCUT2D eigenvalue weighted by Crippen LogP contribution is -2.46. The Bertz CT molecular complexity index is 1080. The summed E-state index contributed by atoms with van der Waals surface area (Å²) in [5.41, 5.74) is 3.30. The molecule has 1 N–H and O–H groups in total. The molecule has 0 radical (unpaired) electrons. The minimum Gasteiger partial charge on any atom is -0.505 e. The van der Waals surface area contributed by atoms with Crippen LogP contribution in [0, 0.1) is 0 Å². The Labute approximate surface area is 208 Å². The van der Waals surface area contributed by atoms with Gasteiger partial charge in [0, 0.05) is 43.2 Å². The van der Waals surface area contributed by atoms with E-state index in [1.165, 1.54) is 0 Å². The van der Waals surface area contributed by atoms with Crippen molar-refractivity contribution in [1.82, 2.24) is 15.1 Å². The maximum absolute atomic E-state index is 9.89. The minimum atomic E-state index is -0.145. The Morgan fingerprint density at radius 3 is 2.24 bits per heavy atom. The van der Waals surface area contributed by atoms with Crippen LogP contribution in [0.3, 0.4) is 0 Å². The van der Waals surface area contributed by atoms with Crippen LogP contribution in [-0.2, 0) is 6.42 Å². The zero-order valence-electron chi connectivity index (χ0n) is 18.3. The van der Waals surface area contributed by atoms with Crippen LogP contribution in [0.25, 0.3) is 11.3 Å². The van der Waals surface area contributed by atoms with Crippen molar-refractivity contribution in [2.45, 2.75) is 13.3 Å². The van der Waals surface area contributed by atoms with E-state index in [9.17, 15) is 5.11 Å². The molecule has 0 spiro atoms. The van der Waals surface area contributed by atoms with Gasteiger partial charge in [0.25, 0.3) is 5.88 Å². The Hall–Kier alpha value is -2.25. The molecule has 33 heavy (non-hydrogen) atoms. The van der Waals surface area contributed by atoms with Gasteiger partial charge in [-0.15, -0.1) is 10.2 Å².